The number of rotatable bonds is 8. The third-order valence-electron chi connectivity index (χ3n) is 6.07. The van der Waals surface area contributed by atoms with Gasteiger partial charge in [-0.25, -0.2) is 8.42 Å². The first kappa shape index (κ1) is 20.5. The van der Waals surface area contributed by atoms with Gasteiger partial charge in [0.2, 0.25) is 0 Å². The van der Waals surface area contributed by atoms with Gasteiger partial charge in [-0.05, 0) is 36.8 Å². The van der Waals surface area contributed by atoms with E-state index in [-0.39, 0.29) is 11.1 Å². The van der Waals surface area contributed by atoms with Gasteiger partial charge in [0.25, 0.3) is 10.0 Å². The maximum absolute atomic E-state index is 13.2. The number of ether oxygens (including phenoxy) is 1. The fourth-order valence-corrected chi connectivity index (χ4v) is 6.03. The Morgan fingerprint density at radius 1 is 1.21 bits per heavy atom. The lowest BCUT2D eigenvalue weighted by molar-refractivity contribution is 0.0982. The maximum Gasteiger partial charge on any atom is 0.262 e. The molecule has 1 aromatic carbocycles. The van der Waals surface area contributed by atoms with E-state index >= 15 is 0 Å². The molecule has 1 aliphatic carbocycles. The summed E-state index contributed by atoms with van der Waals surface area (Å²) in [5, 5.41) is 7.90. The first-order chi connectivity index (χ1) is 14.0. The van der Waals surface area contributed by atoms with Gasteiger partial charge in [0.05, 0.1) is 0 Å². The number of aromatic nitrogens is 2. The highest BCUT2D eigenvalue weighted by Crippen LogP contribution is 2.41. The van der Waals surface area contributed by atoms with Crippen molar-refractivity contribution in [2.24, 2.45) is 13.0 Å². The van der Waals surface area contributed by atoms with Crippen LogP contribution in [0, 0.1) is 5.92 Å². The third-order valence-corrected chi connectivity index (χ3v) is 7.91. The van der Waals surface area contributed by atoms with Gasteiger partial charge >= 0.3 is 0 Å². The van der Waals surface area contributed by atoms with E-state index in [1.165, 1.54) is 10.2 Å². The molecule has 158 valence electrons. The van der Waals surface area contributed by atoms with Gasteiger partial charge in [0.15, 0.2) is 5.03 Å². The van der Waals surface area contributed by atoms with E-state index in [4.69, 9.17) is 4.74 Å². The number of nitrogens with one attached hydrogen (secondary N) is 1. The van der Waals surface area contributed by atoms with Crippen LogP contribution in [0.15, 0.2) is 47.6 Å². The zero-order valence-electron chi connectivity index (χ0n) is 17.1. The zero-order chi connectivity index (χ0) is 20.4. The summed E-state index contributed by atoms with van der Waals surface area (Å²) >= 11 is 0. The second-order valence-corrected chi connectivity index (χ2v) is 10.0. The Kier molecular flexibility index (Phi) is 6.06. The summed E-state index contributed by atoms with van der Waals surface area (Å²) in [4.78, 5) is 0. The molecule has 0 radical (unpaired) electrons. The SMILES string of the molecule is COCC1CCN(S(=O)(=O)c2ccn(C)n2)C(CN[C@@H]2C[C@H]2c2ccccc2)C1. The molecule has 1 N–H and O–H groups in total. The lowest BCUT2D eigenvalue weighted by atomic mass is 9.93. The summed E-state index contributed by atoms with van der Waals surface area (Å²) in [5.74, 6) is 0.904. The molecular weight excluding hydrogens is 388 g/mol. The number of aryl methyl sites for hydroxylation is 1. The largest absolute Gasteiger partial charge is 0.384 e. The number of methoxy groups -OCH3 is 1. The summed E-state index contributed by atoms with van der Waals surface area (Å²) in [5.41, 5.74) is 1.35. The molecule has 7 nitrogen and oxygen atoms in total. The summed E-state index contributed by atoms with van der Waals surface area (Å²) in [7, 11) is -0.158. The lowest BCUT2D eigenvalue weighted by Crippen LogP contribution is -2.51. The van der Waals surface area contributed by atoms with Gasteiger partial charge < -0.3 is 10.1 Å². The molecule has 2 aliphatic rings. The molecule has 4 atom stereocenters. The van der Waals surface area contributed by atoms with E-state index in [0.29, 0.717) is 37.6 Å². The molecule has 2 aromatic rings. The van der Waals surface area contributed by atoms with Gasteiger partial charge in [-0.3, -0.25) is 4.68 Å². The van der Waals surface area contributed by atoms with Crippen LogP contribution >= 0.6 is 0 Å². The Balaban J connectivity index is 1.45. The Bertz CT molecular complexity index is 915. The van der Waals surface area contributed by atoms with Crippen LogP contribution < -0.4 is 5.32 Å². The minimum atomic E-state index is -3.60. The van der Waals surface area contributed by atoms with Crippen molar-refractivity contribution in [3.8, 4) is 0 Å². The molecule has 0 spiro atoms. The quantitative estimate of drug-likeness (QED) is 0.709. The molecule has 1 aromatic heterocycles. The number of benzene rings is 1. The molecule has 0 bridgehead atoms. The zero-order valence-corrected chi connectivity index (χ0v) is 17.9. The lowest BCUT2D eigenvalue weighted by Gasteiger charge is -2.38. The molecule has 29 heavy (non-hydrogen) atoms. The van der Waals surface area contributed by atoms with Crippen molar-refractivity contribution in [3.05, 3.63) is 48.2 Å². The maximum atomic E-state index is 13.2. The molecule has 2 unspecified atom stereocenters. The molecule has 2 fully saturated rings. The average Bonchev–Trinajstić information content (AvgIpc) is 3.37. The van der Waals surface area contributed by atoms with E-state index in [0.717, 1.165) is 19.3 Å². The molecule has 0 amide bonds. The highest BCUT2D eigenvalue weighted by atomic mass is 32.2. The van der Waals surface area contributed by atoms with E-state index in [1.54, 1.807) is 30.7 Å². The van der Waals surface area contributed by atoms with Crippen molar-refractivity contribution < 1.29 is 13.2 Å². The van der Waals surface area contributed by atoms with Crippen LogP contribution in [0.3, 0.4) is 0 Å². The van der Waals surface area contributed by atoms with E-state index in [1.807, 2.05) is 6.07 Å². The van der Waals surface area contributed by atoms with Crippen molar-refractivity contribution in [2.75, 3.05) is 26.8 Å². The van der Waals surface area contributed by atoms with E-state index in [2.05, 4.69) is 34.7 Å². The number of hydrogen-bond donors (Lipinski definition) is 1. The molecule has 4 rings (SSSR count). The van der Waals surface area contributed by atoms with Crippen LogP contribution in [0.25, 0.3) is 0 Å². The number of hydrogen-bond acceptors (Lipinski definition) is 5. The summed E-state index contributed by atoms with van der Waals surface area (Å²) < 4.78 is 35.0. The predicted octanol–water partition coefficient (Wildman–Crippen LogP) is 1.98. The van der Waals surface area contributed by atoms with Gasteiger partial charge in [0, 0.05) is 58.1 Å². The first-order valence-electron chi connectivity index (χ1n) is 10.3. The molecule has 1 saturated heterocycles. The van der Waals surface area contributed by atoms with Crippen LogP contribution in [-0.2, 0) is 21.8 Å². The fraction of sp³-hybridized carbons (Fsp3) is 0.571. The number of piperidine rings is 1. The van der Waals surface area contributed by atoms with Crippen LogP contribution in [-0.4, -0.2) is 61.4 Å². The van der Waals surface area contributed by atoms with E-state index in [9.17, 15) is 8.42 Å². The second-order valence-electron chi connectivity index (χ2n) is 8.21. The Morgan fingerprint density at radius 2 is 2.00 bits per heavy atom. The topological polar surface area (TPSA) is 76.5 Å². The normalized spacial score (nSPS) is 27.8. The predicted molar refractivity (Wildman–Crippen MR) is 111 cm³/mol. The minimum Gasteiger partial charge on any atom is -0.384 e. The van der Waals surface area contributed by atoms with Gasteiger partial charge in [-0.15, -0.1) is 0 Å². The summed E-state index contributed by atoms with van der Waals surface area (Å²) in [6.45, 7) is 1.83. The van der Waals surface area contributed by atoms with Crippen molar-refractivity contribution >= 4 is 10.0 Å². The average molecular weight is 419 g/mol. The van der Waals surface area contributed by atoms with E-state index < -0.39 is 10.0 Å². The molecule has 1 saturated carbocycles. The highest BCUT2D eigenvalue weighted by Gasteiger charge is 2.41. The standard InChI is InChI=1S/C21H30N4O3S/c1-24-10-9-21(23-24)29(26,27)25-11-8-16(15-28-2)12-18(25)14-22-20-13-19(20)17-6-4-3-5-7-17/h3-7,9-10,16,18-20,22H,8,11-15H2,1-2H3/t16?,18?,19-,20+/m0/s1. The number of sulfonamides is 1. The van der Waals surface area contributed by atoms with Crippen LogP contribution in [0.2, 0.25) is 0 Å². The number of nitrogens with zero attached hydrogens (tertiary/aromatic N) is 3. The van der Waals surface area contributed by atoms with Crippen LogP contribution in [0.5, 0.6) is 0 Å². The van der Waals surface area contributed by atoms with Crippen LogP contribution in [0.4, 0.5) is 0 Å². The monoisotopic (exact) mass is 418 g/mol. The molecule has 8 heteroatoms. The van der Waals surface area contributed by atoms with Crippen LogP contribution in [0.1, 0.15) is 30.7 Å². The van der Waals surface area contributed by atoms with Gasteiger partial charge in [-0.1, -0.05) is 30.3 Å². The van der Waals surface area contributed by atoms with Gasteiger partial charge in [0.1, 0.15) is 0 Å². The second kappa shape index (κ2) is 8.55. The fourth-order valence-electron chi connectivity index (χ4n) is 4.43. The Labute approximate surface area is 173 Å². The summed E-state index contributed by atoms with van der Waals surface area (Å²) in [6, 6.07) is 12.4. The summed E-state index contributed by atoms with van der Waals surface area (Å²) in [6.07, 6.45) is 4.39. The highest BCUT2D eigenvalue weighted by molar-refractivity contribution is 7.89. The molecule has 1 aliphatic heterocycles. The molecular formula is C21H30N4O3S. The van der Waals surface area contributed by atoms with Crippen molar-refractivity contribution in [2.45, 2.75) is 42.3 Å². The van der Waals surface area contributed by atoms with Crippen molar-refractivity contribution in [3.63, 3.8) is 0 Å². The van der Waals surface area contributed by atoms with Crippen molar-refractivity contribution in [1.29, 1.82) is 0 Å². The third kappa shape index (κ3) is 4.55. The molecule has 2 heterocycles. The Hall–Kier alpha value is -1.74. The Morgan fingerprint density at radius 3 is 2.69 bits per heavy atom. The van der Waals surface area contributed by atoms with Crippen molar-refractivity contribution in [1.82, 2.24) is 19.4 Å². The minimum absolute atomic E-state index is 0.0899. The first-order valence-corrected chi connectivity index (χ1v) is 11.7. The smallest absolute Gasteiger partial charge is 0.262 e. The van der Waals surface area contributed by atoms with Gasteiger partial charge in [-0.2, -0.15) is 9.40 Å².